The molecule has 2 aromatic rings. The molecule has 1 unspecified atom stereocenters. The van der Waals surface area contributed by atoms with Crippen LogP contribution < -0.4 is 21.1 Å². The second-order valence-corrected chi connectivity index (χ2v) is 10.5. The molecule has 0 radical (unpaired) electrons. The van der Waals surface area contributed by atoms with E-state index in [2.05, 4.69) is 10.6 Å². The summed E-state index contributed by atoms with van der Waals surface area (Å²) in [5.41, 5.74) is 7.86. The third-order valence-corrected chi connectivity index (χ3v) is 6.66. The van der Waals surface area contributed by atoms with Crippen molar-refractivity contribution in [3.05, 3.63) is 45.8 Å². The largest absolute Gasteiger partial charge is 0.484 e. The SMILES string of the molecule is Cc1ccccc1OCC(=O)NC(Nc1sc2c(c1C(N)=O)CCCC2)C(Cl)(Cl)Cl. The van der Waals surface area contributed by atoms with Crippen LogP contribution in [0.2, 0.25) is 0 Å². The lowest BCUT2D eigenvalue weighted by Gasteiger charge is -2.27. The number of fused-ring (bicyclic) bond motifs is 1. The molecule has 1 aliphatic rings. The monoisotopic (exact) mass is 489 g/mol. The van der Waals surface area contributed by atoms with Crippen LogP contribution in [-0.2, 0) is 17.6 Å². The van der Waals surface area contributed by atoms with Crippen molar-refractivity contribution in [3.63, 3.8) is 0 Å². The van der Waals surface area contributed by atoms with Crippen LogP contribution >= 0.6 is 46.1 Å². The second-order valence-electron chi connectivity index (χ2n) is 7.02. The van der Waals surface area contributed by atoms with Crippen LogP contribution in [0.15, 0.2) is 24.3 Å². The number of alkyl halides is 3. The number of nitrogens with two attached hydrogens (primary N) is 1. The number of ether oxygens (including phenoxy) is 1. The third-order valence-electron chi connectivity index (χ3n) is 4.78. The lowest BCUT2D eigenvalue weighted by Crippen LogP contribution is -2.50. The van der Waals surface area contributed by atoms with Gasteiger partial charge in [0.05, 0.1) is 5.56 Å². The molecule has 1 aliphatic carbocycles. The van der Waals surface area contributed by atoms with Crippen LogP contribution in [0.1, 0.15) is 39.2 Å². The summed E-state index contributed by atoms with van der Waals surface area (Å²) in [5, 5.41) is 6.12. The number of aryl methyl sites for hydroxylation is 2. The van der Waals surface area contributed by atoms with Crippen LogP contribution in [0.4, 0.5) is 5.00 Å². The molecular weight excluding hydrogens is 469 g/mol. The van der Waals surface area contributed by atoms with Gasteiger partial charge in [-0.3, -0.25) is 9.59 Å². The van der Waals surface area contributed by atoms with Crippen molar-refractivity contribution in [3.8, 4) is 5.75 Å². The van der Waals surface area contributed by atoms with Gasteiger partial charge in [0, 0.05) is 4.88 Å². The second kappa shape index (κ2) is 9.64. The molecule has 1 aromatic heterocycles. The number of hydrogen-bond acceptors (Lipinski definition) is 5. The number of thiophene rings is 1. The number of amides is 2. The molecule has 0 fully saturated rings. The highest BCUT2D eigenvalue weighted by Gasteiger charge is 2.36. The van der Waals surface area contributed by atoms with Gasteiger partial charge in [-0.1, -0.05) is 53.0 Å². The molecule has 162 valence electrons. The van der Waals surface area contributed by atoms with E-state index in [9.17, 15) is 9.59 Å². The van der Waals surface area contributed by atoms with Gasteiger partial charge in [0.25, 0.3) is 11.8 Å². The average Bonchev–Trinajstić information content (AvgIpc) is 3.04. The molecule has 1 aromatic carbocycles. The van der Waals surface area contributed by atoms with Gasteiger partial charge in [0.15, 0.2) is 6.61 Å². The highest BCUT2D eigenvalue weighted by atomic mass is 35.6. The van der Waals surface area contributed by atoms with E-state index in [0.29, 0.717) is 16.3 Å². The van der Waals surface area contributed by atoms with Crippen molar-refractivity contribution in [2.75, 3.05) is 11.9 Å². The summed E-state index contributed by atoms with van der Waals surface area (Å²) in [7, 11) is 0. The quantitative estimate of drug-likeness (QED) is 0.398. The molecule has 2 amide bonds. The Morgan fingerprint density at radius 3 is 2.60 bits per heavy atom. The molecule has 0 saturated heterocycles. The van der Waals surface area contributed by atoms with Gasteiger partial charge in [-0.2, -0.15) is 0 Å². The Labute approximate surface area is 194 Å². The van der Waals surface area contributed by atoms with Gasteiger partial charge < -0.3 is 21.1 Å². The Bertz CT molecular complexity index is 943. The van der Waals surface area contributed by atoms with Gasteiger partial charge in [-0.25, -0.2) is 0 Å². The summed E-state index contributed by atoms with van der Waals surface area (Å²) in [4.78, 5) is 25.6. The van der Waals surface area contributed by atoms with Gasteiger partial charge >= 0.3 is 0 Å². The van der Waals surface area contributed by atoms with Crippen molar-refractivity contribution in [1.82, 2.24) is 5.32 Å². The number of nitrogens with one attached hydrogen (secondary N) is 2. The first kappa shape index (κ1) is 23.0. The van der Waals surface area contributed by atoms with Crippen LogP contribution in [-0.4, -0.2) is 28.4 Å². The smallest absolute Gasteiger partial charge is 0.259 e. The van der Waals surface area contributed by atoms with Crippen LogP contribution in [0.25, 0.3) is 0 Å². The van der Waals surface area contributed by atoms with E-state index < -0.39 is 21.8 Å². The summed E-state index contributed by atoms with van der Waals surface area (Å²) in [5.74, 6) is -0.439. The van der Waals surface area contributed by atoms with E-state index in [1.54, 1.807) is 6.07 Å². The predicted molar refractivity (Wildman–Crippen MR) is 122 cm³/mol. The number of primary amides is 1. The number of benzene rings is 1. The number of hydrogen-bond donors (Lipinski definition) is 3. The minimum Gasteiger partial charge on any atom is -0.484 e. The Morgan fingerprint density at radius 1 is 1.23 bits per heavy atom. The van der Waals surface area contributed by atoms with Gasteiger partial charge in [-0.15, -0.1) is 11.3 Å². The minimum atomic E-state index is -1.88. The number of carbonyl (C=O) groups is 2. The molecule has 0 saturated carbocycles. The van der Waals surface area contributed by atoms with E-state index in [0.717, 1.165) is 41.7 Å². The van der Waals surface area contributed by atoms with Crippen LogP contribution in [0, 0.1) is 6.92 Å². The molecule has 1 heterocycles. The minimum absolute atomic E-state index is 0.257. The Morgan fingerprint density at radius 2 is 1.93 bits per heavy atom. The van der Waals surface area contributed by atoms with Gasteiger partial charge in [0.2, 0.25) is 3.79 Å². The summed E-state index contributed by atoms with van der Waals surface area (Å²) >= 11 is 19.7. The highest BCUT2D eigenvalue weighted by molar-refractivity contribution is 7.16. The Hall–Kier alpha value is -1.67. The van der Waals surface area contributed by atoms with Crippen molar-refractivity contribution in [2.24, 2.45) is 5.73 Å². The van der Waals surface area contributed by atoms with Crippen molar-refractivity contribution < 1.29 is 14.3 Å². The lowest BCUT2D eigenvalue weighted by molar-refractivity contribution is -0.123. The predicted octanol–water partition coefficient (Wildman–Crippen LogP) is 4.34. The zero-order chi connectivity index (χ0) is 21.9. The molecule has 3 rings (SSSR count). The molecule has 4 N–H and O–H groups in total. The van der Waals surface area contributed by atoms with Crippen LogP contribution in [0.3, 0.4) is 0 Å². The van der Waals surface area contributed by atoms with E-state index in [-0.39, 0.29) is 6.61 Å². The maximum Gasteiger partial charge on any atom is 0.259 e. The zero-order valence-electron chi connectivity index (χ0n) is 16.3. The first-order chi connectivity index (χ1) is 14.2. The molecular formula is C20H22Cl3N3O3S. The van der Waals surface area contributed by atoms with Crippen molar-refractivity contribution in [1.29, 1.82) is 0 Å². The lowest BCUT2D eigenvalue weighted by atomic mass is 9.95. The van der Waals surface area contributed by atoms with Gasteiger partial charge in [-0.05, 0) is 49.8 Å². The average molecular weight is 491 g/mol. The Kier molecular flexibility index (Phi) is 7.39. The van der Waals surface area contributed by atoms with E-state index in [1.807, 2.05) is 25.1 Å². The number of carbonyl (C=O) groups excluding carboxylic acids is 2. The molecule has 0 aliphatic heterocycles. The molecule has 10 heteroatoms. The zero-order valence-corrected chi connectivity index (χ0v) is 19.4. The topological polar surface area (TPSA) is 93.4 Å². The number of rotatable bonds is 7. The van der Waals surface area contributed by atoms with Crippen LogP contribution in [0.5, 0.6) is 5.75 Å². The first-order valence-electron chi connectivity index (χ1n) is 9.42. The normalized spacial score (nSPS) is 14.5. The first-order valence-corrected chi connectivity index (χ1v) is 11.4. The molecule has 30 heavy (non-hydrogen) atoms. The fourth-order valence-electron chi connectivity index (χ4n) is 3.32. The van der Waals surface area contributed by atoms with E-state index in [1.165, 1.54) is 11.3 Å². The fraction of sp³-hybridized carbons (Fsp3) is 0.400. The number of anilines is 1. The summed E-state index contributed by atoms with van der Waals surface area (Å²) < 4.78 is 3.67. The van der Waals surface area contributed by atoms with Crippen molar-refractivity contribution in [2.45, 2.75) is 42.6 Å². The molecule has 1 atom stereocenters. The fourth-order valence-corrected chi connectivity index (χ4v) is 4.97. The number of halogens is 3. The molecule has 0 bridgehead atoms. The summed E-state index contributed by atoms with van der Waals surface area (Å²) in [6, 6.07) is 7.34. The third kappa shape index (κ3) is 5.52. The highest BCUT2D eigenvalue weighted by Crippen LogP contribution is 2.40. The Balaban J connectivity index is 1.74. The standard InChI is InChI=1S/C20H22Cl3N3O3S/c1-11-6-2-4-8-13(11)29-10-15(27)25-19(20(21,22)23)26-18-16(17(24)28)12-7-3-5-9-14(12)30-18/h2,4,6,8,19,26H,3,5,7,9-10H2,1H3,(H2,24,28)(H,25,27). The summed E-state index contributed by atoms with van der Waals surface area (Å²) in [6.45, 7) is 1.62. The maximum atomic E-state index is 12.4. The van der Waals surface area contributed by atoms with Crippen molar-refractivity contribution >= 4 is 63.0 Å². The molecule has 0 spiro atoms. The molecule has 6 nitrogen and oxygen atoms in total. The van der Waals surface area contributed by atoms with Gasteiger partial charge in [0.1, 0.15) is 16.9 Å². The number of para-hydroxylation sites is 1. The maximum absolute atomic E-state index is 12.4. The van der Waals surface area contributed by atoms with E-state index in [4.69, 9.17) is 45.3 Å². The summed E-state index contributed by atoms with van der Waals surface area (Å²) in [6.07, 6.45) is 2.60. The van der Waals surface area contributed by atoms with E-state index >= 15 is 0 Å².